The molecule has 132 valence electrons. The molecule has 0 unspecified atom stereocenters. The molecule has 0 aromatic heterocycles. The van der Waals surface area contributed by atoms with Gasteiger partial charge in [-0.15, -0.1) is 0 Å². The molecule has 0 saturated carbocycles. The number of hydrogen-bond donors (Lipinski definition) is 3. The predicted octanol–water partition coefficient (Wildman–Crippen LogP) is 1.75. The topological polar surface area (TPSA) is 102 Å². The maximum absolute atomic E-state index is 11.6. The van der Waals surface area contributed by atoms with Crippen molar-refractivity contribution in [1.29, 1.82) is 0 Å². The second-order valence-electron chi connectivity index (χ2n) is 5.59. The molecule has 3 rings (SSSR count). The molecule has 4 N–H and O–H groups in total. The van der Waals surface area contributed by atoms with Gasteiger partial charge in [-0.1, -0.05) is 37.6 Å². The molecule has 1 aliphatic heterocycles. The van der Waals surface area contributed by atoms with Crippen LogP contribution in [0.25, 0.3) is 10.8 Å². The molecule has 0 aliphatic carbocycles. The summed E-state index contributed by atoms with van der Waals surface area (Å²) in [4.78, 5) is -0.177. The molecular weight excluding hydrogens is 328 g/mol. The largest absolute Gasteiger partial charge is 0.506 e. The minimum atomic E-state index is -3.95. The zero-order chi connectivity index (χ0) is 17.6. The quantitative estimate of drug-likeness (QED) is 0.781. The summed E-state index contributed by atoms with van der Waals surface area (Å²) in [6, 6.07) is 8.80. The normalized spacial score (nSPS) is 14.9. The Bertz CT molecular complexity index is 775. The van der Waals surface area contributed by atoms with Crippen LogP contribution >= 0.6 is 0 Å². The van der Waals surface area contributed by atoms with Crippen molar-refractivity contribution in [2.75, 3.05) is 26.3 Å². The van der Waals surface area contributed by atoms with Gasteiger partial charge < -0.3 is 15.2 Å². The van der Waals surface area contributed by atoms with Crippen LogP contribution in [0.2, 0.25) is 0 Å². The van der Waals surface area contributed by atoms with Gasteiger partial charge in [-0.05, 0) is 23.4 Å². The minimum absolute atomic E-state index is 0.177. The number of nitrogens with one attached hydrogen (secondary N) is 1. The van der Waals surface area contributed by atoms with Gasteiger partial charge in [0, 0.05) is 18.5 Å². The molecule has 24 heavy (non-hydrogen) atoms. The van der Waals surface area contributed by atoms with Crippen LogP contribution in [0.3, 0.4) is 0 Å². The second-order valence-corrected chi connectivity index (χ2v) is 7.09. The number of aromatic hydroxyl groups is 1. The molecule has 0 amide bonds. The van der Waals surface area contributed by atoms with Crippen LogP contribution in [0.5, 0.6) is 5.75 Å². The predicted molar refractivity (Wildman–Crippen MR) is 94.7 cm³/mol. The van der Waals surface area contributed by atoms with Crippen LogP contribution in [-0.2, 0) is 21.2 Å². The Morgan fingerprint density at radius 2 is 1.92 bits per heavy atom. The number of ether oxygens (including phenoxy) is 1. The molecule has 7 heteroatoms. The lowest BCUT2D eigenvalue weighted by atomic mass is 10.0. The molecule has 1 saturated heterocycles. The van der Waals surface area contributed by atoms with Gasteiger partial charge in [0.05, 0.1) is 13.2 Å². The van der Waals surface area contributed by atoms with E-state index >= 15 is 0 Å². The first kappa shape index (κ1) is 18.7. The third kappa shape index (κ3) is 4.67. The molecule has 0 bridgehead atoms. The Morgan fingerprint density at radius 3 is 2.42 bits per heavy atom. The Kier molecular flexibility index (Phi) is 6.56. The zero-order valence-corrected chi connectivity index (χ0v) is 14.6. The summed E-state index contributed by atoms with van der Waals surface area (Å²) in [6.45, 7) is 5.80. The van der Waals surface area contributed by atoms with Gasteiger partial charge in [0.15, 0.2) is 0 Å². The number of rotatable bonds is 3. The van der Waals surface area contributed by atoms with Crippen molar-refractivity contribution in [1.82, 2.24) is 5.32 Å². The molecule has 0 atom stereocenters. The number of fused-ring (bicyclic) bond motifs is 1. The highest BCUT2D eigenvalue weighted by Gasteiger charge is 2.20. The van der Waals surface area contributed by atoms with E-state index in [4.69, 9.17) is 9.88 Å². The van der Waals surface area contributed by atoms with E-state index in [0.717, 1.165) is 38.1 Å². The fourth-order valence-electron chi connectivity index (χ4n) is 2.62. The lowest BCUT2D eigenvalue weighted by molar-refractivity contribution is 0.109. The third-order valence-corrected chi connectivity index (χ3v) is 4.69. The second kappa shape index (κ2) is 8.43. The standard InChI is InChI=1S/C13H15NO3S.C4H9NO/c1-2-5-10-8-9-6-3-4-7-11(9)13(12(10)15)18(14,16)17;1-3-6-4-2-5-1/h3-4,6-8,15H,2,5H2,1H3,(H2,14,16,17);5H,1-4H2. The molecule has 2 aromatic carbocycles. The van der Waals surface area contributed by atoms with E-state index in [2.05, 4.69) is 5.32 Å². The maximum Gasteiger partial charge on any atom is 0.242 e. The average Bonchev–Trinajstić information content (AvgIpc) is 2.57. The number of phenolic OH excluding ortho intramolecular Hbond substituents is 1. The molecule has 0 radical (unpaired) electrons. The number of hydrogen-bond acceptors (Lipinski definition) is 5. The Balaban J connectivity index is 0.000000292. The van der Waals surface area contributed by atoms with Gasteiger partial charge in [-0.2, -0.15) is 0 Å². The van der Waals surface area contributed by atoms with Crippen LogP contribution < -0.4 is 10.5 Å². The SMILES string of the molecule is C1COCCN1.CCCc1cc2ccccc2c(S(N)(=O)=O)c1O. The van der Waals surface area contributed by atoms with Crippen molar-refractivity contribution in [3.8, 4) is 5.75 Å². The van der Waals surface area contributed by atoms with E-state index in [1.54, 1.807) is 12.1 Å². The van der Waals surface area contributed by atoms with Gasteiger partial charge in [-0.3, -0.25) is 0 Å². The van der Waals surface area contributed by atoms with Crippen LogP contribution in [0.1, 0.15) is 18.9 Å². The number of benzene rings is 2. The number of aryl methyl sites for hydroxylation is 1. The van der Waals surface area contributed by atoms with Gasteiger partial charge in [0.25, 0.3) is 0 Å². The monoisotopic (exact) mass is 352 g/mol. The molecule has 1 fully saturated rings. The first-order valence-electron chi connectivity index (χ1n) is 8.00. The summed E-state index contributed by atoms with van der Waals surface area (Å²) >= 11 is 0. The molecular formula is C17H24N2O4S. The fourth-order valence-corrected chi connectivity index (χ4v) is 3.52. The maximum atomic E-state index is 11.6. The number of sulfonamides is 1. The van der Waals surface area contributed by atoms with Crippen LogP contribution in [0, 0.1) is 0 Å². The van der Waals surface area contributed by atoms with E-state index in [9.17, 15) is 13.5 Å². The first-order valence-corrected chi connectivity index (χ1v) is 9.54. The van der Waals surface area contributed by atoms with Crippen molar-refractivity contribution in [3.63, 3.8) is 0 Å². The van der Waals surface area contributed by atoms with Gasteiger partial charge in [0.2, 0.25) is 10.0 Å². The Hall–Kier alpha value is -1.67. The van der Waals surface area contributed by atoms with E-state index in [-0.39, 0.29) is 10.6 Å². The van der Waals surface area contributed by atoms with Gasteiger partial charge >= 0.3 is 0 Å². The minimum Gasteiger partial charge on any atom is -0.506 e. The number of phenols is 1. The van der Waals surface area contributed by atoms with E-state index in [0.29, 0.717) is 17.4 Å². The van der Waals surface area contributed by atoms with Gasteiger partial charge in [-0.25, -0.2) is 13.6 Å². The lowest BCUT2D eigenvalue weighted by Gasteiger charge is -2.11. The van der Waals surface area contributed by atoms with Crippen molar-refractivity contribution in [3.05, 3.63) is 35.9 Å². The van der Waals surface area contributed by atoms with Gasteiger partial charge in [0.1, 0.15) is 10.6 Å². The van der Waals surface area contributed by atoms with Crippen LogP contribution in [0.15, 0.2) is 35.2 Å². The number of morpholine rings is 1. The first-order chi connectivity index (χ1) is 11.4. The Morgan fingerprint density at radius 1 is 1.25 bits per heavy atom. The third-order valence-electron chi connectivity index (χ3n) is 3.70. The van der Waals surface area contributed by atoms with Crippen molar-refractivity contribution < 1.29 is 18.3 Å². The smallest absolute Gasteiger partial charge is 0.242 e. The summed E-state index contributed by atoms with van der Waals surface area (Å²) in [5.41, 5.74) is 0.611. The van der Waals surface area contributed by atoms with E-state index in [1.807, 2.05) is 25.1 Å². The molecule has 1 heterocycles. The van der Waals surface area contributed by atoms with E-state index in [1.165, 1.54) is 0 Å². The summed E-state index contributed by atoms with van der Waals surface area (Å²) in [6.07, 6.45) is 1.43. The summed E-state index contributed by atoms with van der Waals surface area (Å²) in [5.74, 6) is -0.224. The highest BCUT2D eigenvalue weighted by molar-refractivity contribution is 7.89. The highest BCUT2D eigenvalue weighted by Crippen LogP contribution is 2.34. The number of nitrogens with two attached hydrogens (primary N) is 1. The van der Waals surface area contributed by atoms with Crippen molar-refractivity contribution in [2.24, 2.45) is 5.14 Å². The lowest BCUT2D eigenvalue weighted by Crippen LogP contribution is -2.30. The Labute approximate surface area is 142 Å². The summed E-state index contributed by atoms with van der Waals surface area (Å²) in [7, 11) is -3.95. The molecule has 1 aliphatic rings. The summed E-state index contributed by atoms with van der Waals surface area (Å²) < 4.78 is 28.3. The van der Waals surface area contributed by atoms with E-state index < -0.39 is 10.0 Å². The highest BCUT2D eigenvalue weighted by atomic mass is 32.2. The zero-order valence-electron chi connectivity index (χ0n) is 13.8. The average molecular weight is 352 g/mol. The van der Waals surface area contributed by atoms with Crippen LogP contribution in [0.4, 0.5) is 0 Å². The molecule has 2 aromatic rings. The fraction of sp³-hybridized carbons (Fsp3) is 0.412. The summed E-state index contributed by atoms with van der Waals surface area (Å²) in [5, 5.41) is 19.7. The molecule has 6 nitrogen and oxygen atoms in total. The van der Waals surface area contributed by atoms with Crippen LogP contribution in [-0.4, -0.2) is 39.8 Å². The molecule has 0 spiro atoms. The van der Waals surface area contributed by atoms with Crippen molar-refractivity contribution >= 4 is 20.8 Å². The van der Waals surface area contributed by atoms with Crippen molar-refractivity contribution in [2.45, 2.75) is 24.7 Å². The number of primary sulfonamides is 1.